The Morgan fingerprint density at radius 1 is 1.25 bits per heavy atom. The van der Waals surface area contributed by atoms with Crippen LogP contribution in [0.4, 0.5) is 4.39 Å². The second kappa shape index (κ2) is 7.59. The fourth-order valence-electron chi connectivity index (χ4n) is 3.36. The highest BCUT2D eigenvalue weighted by atomic mass is 19.1. The number of hydrogen-bond donors (Lipinski definition) is 2. The average Bonchev–Trinajstić information content (AvgIpc) is 3.32. The Bertz CT molecular complexity index is 1010. The predicted octanol–water partition coefficient (Wildman–Crippen LogP) is 2.14. The van der Waals surface area contributed by atoms with E-state index in [1.54, 1.807) is 35.2 Å². The molecule has 28 heavy (non-hydrogen) atoms. The molecule has 2 amide bonds. The standard InChI is InChI=1S/C20H18FN5O2/c21-14-5-3-4-13(8-14)10-26-11-15(9-18(26)27)24-20(28)17-7-2-1-6-16(17)19-22-12-23-25-19/h1-8,12,15H,9-11H2,(H,24,28)(H,22,23,25). The summed E-state index contributed by atoms with van der Waals surface area (Å²) in [4.78, 5) is 30.8. The number of nitrogens with zero attached hydrogens (tertiary/aromatic N) is 3. The van der Waals surface area contributed by atoms with E-state index in [9.17, 15) is 14.0 Å². The Kier molecular flexibility index (Phi) is 4.84. The summed E-state index contributed by atoms with van der Waals surface area (Å²) in [5, 5.41) is 9.49. The van der Waals surface area contributed by atoms with Crippen LogP contribution in [-0.4, -0.2) is 44.5 Å². The lowest BCUT2D eigenvalue weighted by molar-refractivity contribution is -0.128. The van der Waals surface area contributed by atoms with Crippen LogP contribution in [0.2, 0.25) is 0 Å². The number of aromatic amines is 1. The van der Waals surface area contributed by atoms with Gasteiger partial charge in [0.05, 0.1) is 11.6 Å². The summed E-state index contributed by atoms with van der Waals surface area (Å²) < 4.78 is 13.4. The van der Waals surface area contributed by atoms with Crippen LogP contribution in [-0.2, 0) is 11.3 Å². The van der Waals surface area contributed by atoms with Crippen molar-refractivity contribution in [1.82, 2.24) is 25.4 Å². The number of aromatic nitrogens is 3. The molecule has 0 saturated carbocycles. The molecule has 2 heterocycles. The van der Waals surface area contributed by atoms with Crippen molar-refractivity contribution in [1.29, 1.82) is 0 Å². The number of nitrogens with one attached hydrogen (secondary N) is 2. The molecule has 1 fully saturated rings. The second-order valence-corrected chi connectivity index (χ2v) is 6.66. The third-order valence-corrected chi connectivity index (χ3v) is 4.65. The van der Waals surface area contributed by atoms with Crippen molar-refractivity contribution in [2.45, 2.75) is 19.0 Å². The van der Waals surface area contributed by atoms with Crippen LogP contribution in [0.15, 0.2) is 54.9 Å². The molecule has 0 bridgehead atoms. The van der Waals surface area contributed by atoms with Gasteiger partial charge >= 0.3 is 0 Å². The van der Waals surface area contributed by atoms with Gasteiger partial charge in [0.25, 0.3) is 5.91 Å². The fourth-order valence-corrected chi connectivity index (χ4v) is 3.36. The first-order chi connectivity index (χ1) is 13.6. The van der Waals surface area contributed by atoms with E-state index in [0.717, 1.165) is 5.56 Å². The number of halogens is 1. The Morgan fingerprint density at radius 2 is 2.11 bits per heavy atom. The molecular weight excluding hydrogens is 361 g/mol. The predicted molar refractivity (Wildman–Crippen MR) is 99.5 cm³/mol. The van der Waals surface area contributed by atoms with E-state index in [2.05, 4.69) is 20.5 Å². The minimum absolute atomic E-state index is 0.0712. The van der Waals surface area contributed by atoms with Gasteiger partial charge in [0.15, 0.2) is 5.82 Å². The molecular formula is C20H18FN5O2. The van der Waals surface area contributed by atoms with Crippen LogP contribution < -0.4 is 5.32 Å². The number of H-pyrrole nitrogens is 1. The number of hydrogen-bond acceptors (Lipinski definition) is 4. The molecule has 2 aromatic carbocycles. The van der Waals surface area contributed by atoms with Crippen molar-refractivity contribution < 1.29 is 14.0 Å². The fraction of sp³-hybridized carbons (Fsp3) is 0.200. The molecule has 3 aromatic rings. The molecule has 1 unspecified atom stereocenters. The lowest BCUT2D eigenvalue weighted by Gasteiger charge is -2.17. The van der Waals surface area contributed by atoms with Gasteiger partial charge in [0.1, 0.15) is 12.1 Å². The van der Waals surface area contributed by atoms with Crippen LogP contribution in [0.3, 0.4) is 0 Å². The molecule has 1 aliphatic rings. The molecule has 2 N–H and O–H groups in total. The molecule has 1 atom stereocenters. The van der Waals surface area contributed by atoms with E-state index in [1.807, 2.05) is 6.07 Å². The minimum atomic E-state index is -0.335. The van der Waals surface area contributed by atoms with E-state index in [0.29, 0.717) is 30.0 Å². The van der Waals surface area contributed by atoms with Gasteiger partial charge in [-0.15, -0.1) is 0 Å². The summed E-state index contributed by atoms with van der Waals surface area (Å²) >= 11 is 0. The van der Waals surface area contributed by atoms with Gasteiger partial charge in [0.2, 0.25) is 5.91 Å². The number of carbonyl (C=O) groups excluding carboxylic acids is 2. The van der Waals surface area contributed by atoms with Gasteiger partial charge in [-0.05, 0) is 23.8 Å². The smallest absolute Gasteiger partial charge is 0.252 e. The van der Waals surface area contributed by atoms with E-state index in [-0.39, 0.29) is 30.1 Å². The van der Waals surface area contributed by atoms with Crippen molar-refractivity contribution in [3.63, 3.8) is 0 Å². The maximum atomic E-state index is 13.4. The van der Waals surface area contributed by atoms with Gasteiger partial charge in [-0.1, -0.05) is 30.3 Å². The first-order valence-electron chi connectivity index (χ1n) is 8.88. The number of likely N-dealkylation sites (tertiary alicyclic amines) is 1. The van der Waals surface area contributed by atoms with Crippen molar-refractivity contribution >= 4 is 11.8 Å². The maximum absolute atomic E-state index is 13.4. The zero-order valence-electron chi connectivity index (χ0n) is 14.9. The van der Waals surface area contributed by atoms with Crippen molar-refractivity contribution in [2.75, 3.05) is 6.54 Å². The number of rotatable bonds is 5. The summed E-state index contributed by atoms with van der Waals surface area (Å²) in [6.07, 6.45) is 1.59. The quantitative estimate of drug-likeness (QED) is 0.711. The van der Waals surface area contributed by atoms with E-state index in [1.165, 1.54) is 18.5 Å². The molecule has 1 saturated heterocycles. The van der Waals surface area contributed by atoms with E-state index in [4.69, 9.17) is 0 Å². The average molecular weight is 379 g/mol. The molecule has 7 nitrogen and oxygen atoms in total. The van der Waals surface area contributed by atoms with Gasteiger partial charge in [0, 0.05) is 25.1 Å². The molecule has 1 aliphatic heterocycles. The molecule has 0 aliphatic carbocycles. The maximum Gasteiger partial charge on any atom is 0.252 e. The molecule has 1 aromatic heterocycles. The van der Waals surface area contributed by atoms with Crippen LogP contribution in [0.25, 0.3) is 11.4 Å². The normalized spacial score (nSPS) is 16.4. The lowest BCUT2D eigenvalue weighted by Crippen LogP contribution is -2.37. The molecule has 0 spiro atoms. The molecule has 4 rings (SSSR count). The van der Waals surface area contributed by atoms with Gasteiger partial charge in [-0.2, -0.15) is 5.10 Å². The largest absolute Gasteiger partial charge is 0.347 e. The van der Waals surface area contributed by atoms with Crippen LogP contribution in [0.5, 0.6) is 0 Å². The van der Waals surface area contributed by atoms with Crippen LogP contribution >= 0.6 is 0 Å². The third-order valence-electron chi connectivity index (χ3n) is 4.65. The highest BCUT2D eigenvalue weighted by Gasteiger charge is 2.31. The summed E-state index contributed by atoms with van der Waals surface area (Å²) in [6, 6.07) is 12.9. The summed E-state index contributed by atoms with van der Waals surface area (Å²) in [5.74, 6) is -0.186. The molecule has 142 valence electrons. The minimum Gasteiger partial charge on any atom is -0.347 e. The number of carbonyl (C=O) groups is 2. The van der Waals surface area contributed by atoms with Gasteiger partial charge in [-0.25, -0.2) is 9.37 Å². The second-order valence-electron chi connectivity index (χ2n) is 6.66. The van der Waals surface area contributed by atoms with Crippen molar-refractivity contribution in [2.24, 2.45) is 0 Å². The Morgan fingerprint density at radius 3 is 2.89 bits per heavy atom. The topological polar surface area (TPSA) is 91.0 Å². The highest BCUT2D eigenvalue weighted by Crippen LogP contribution is 2.21. The monoisotopic (exact) mass is 379 g/mol. The summed E-state index contributed by atoms with van der Waals surface area (Å²) in [5.41, 5.74) is 1.81. The van der Waals surface area contributed by atoms with Crippen LogP contribution in [0, 0.1) is 5.82 Å². The Balaban J connectivity index is 1.44. The zero-order valence-corrected chi connectivity index (χ0v) is 14.9. The van der Waals surface area contributed by atoms with Crippen LogP contribution in [0.1, 0.15) is 22.3 Å². The van der Waals surface area contributed by atoms with Gasteiger partial charge < -0.3 is 10.2 Å². The number of benzene rings is 2. The first kappa shape index (κ1) is 17.8. The number of amides is 2. The SMILES string of the molecule is O=C(NC1CC(=O)N(Cc2cccc(F)c2)C1)c1ccccc1-c1ncn[nH]1. The third kappa shape index (κ3) is 3.75. The lowest BCUT2D eigenvalue weighted by atomic mass is 10.1. The highest BCUT2D eigenvalue weighted by molar-refractivity contribution is 6.00. The van der Waals surface area contributed by atoms with E-state index >= 15 is 0 Å². The van der Waals surface area contributed by atoms with Crippen molar-refractivity contribution in [3.05, 3.63) is 71.8 Å². The Hall–Kier alpha value is -3.55. The van der Waals surface area contributed by atoms with E-state index < -0.39 is 0 Å². The Labute approximate surface area is 160 Å². The zero-order chi connectivity index (χ0) is 19.5. The first-order valence-corrected chi connectivity index (χ1v) is 8.88. The summed E-state index contributed by atoms with van der Waals surface area (Å²) in [6.45, 7) is 0.698. The molecule has 8 heteroatoms. The molecule has 0 radical (unpaired) electrons. The van der Waals surface area contributed by atoms with Gasteiger partial charge in [-0.3, -0.25) is 14.7 Å². The summed E-state index contributed by atoms with van der Waals surface area (Å²) in [7, 11) is 0. The van der Waals surface area contributed by atoms with Crippen molar-refractivity contribution in [3.8, 4) is 11.4 Å².